The largest absolute Gasteiger partial charge is 0.388 e. The number of imidazole rings is 1. The van der Waals surface area contributed by atoms with E-state index in [1.807, 2.05) is 13.8 Å². The molecule has 4 heterocycles. The molecular formula is C23H27ClFN5O4. The molecule has 2 aliphatic rings. The highest BCUT2D eigenvalue weighted by Gasteiger charge is 2.43. The predicted octanol–water partition coefficient (Wildman–Crippen LogP) is 3.38. The Morgan fingerprint density at radius 1 is 1.35 bits per heavy atom. The third kappa shape index (κ3) is 4.03. The van der Waals surface area contributed by atoms with Gasteiger partial charge < -0.3 is 29.6 Å². The van der Waals surface area contributed by atoms with Crippen molar-refractivity contribution in [1.29, 1.82) is 0 Å². The molecule has 0 radical (unpaired) electrons. The van der Waals surface area contributed by atoms with Crippen LogP contribution >= 0.6 is 11.6 Å². The molecule has 2 fully saturated rings. The summed E-state index contributed by atoms with van der Waals surface area (Å²) in [5.41, 5.74) is 0.0265. The van der Waals surface area contributed by atoms with Crippen LogP contribution in [0.5, 0.6) is 0 Å². The Morgan fingerprint density at radius 2 is 2.12 bits per heavy atom. The minimum atomic E-state index is -1.28. The zero-order valence-corrected chi connectivity index (χ0v) is 19.9. The van der Waals surface area contributed by atoms with Gasteiger partial charge in [-0.15, -0.1) is 0 Å². The molecule has 2 saturated heterocycles. The van der Waals surface area contributed by atoms with Crippen molar-refractivity contribution in [1.82, 2.24) is 19.5 Å². The summed E-state index contributed by atoms with van der Waals surface area (Å²) in [5.74, 6) is -0.102. The van der Waals surface area contributed by atoms with Crippen molar-refractivity contribution in [3.63, 3.8) is 0 Å². The third-order valence-corrected chi connectivity index (χ3v) is 6.25. The molecule has 2 bridgehead atoms. The van der Waals surface area contributed by atoms with Crippen molar-refractivity contribution in [2.24, 2.45) is 0 Å². The van der Waals surface area contributed by atoms with Gasteiger partial charge in [-0.25, -0.2) is 19.3 Å². The highest BCUT2D eigenvalue weighted by molar-refractivity contribution is 6.33. The van der Waals surface area contributed by atoms with E-state index in [4.69, 9.17) is 22.4 Å². The normalized spacial score (nSPS) is 27.4. The van der Waals surface area contributed by atoms with Gasteiger partial charge in [0.1, 0.15) is 29.2 Å². The fourth-order valence-electron chi connectivity index (χ4n) is 4.40. The van der Waals surface area contributed by atoms with Gasteiger partial charge in [-0.2, -0.15) is 0 Å². The number of fused-ring (bicyclic) bond motifs is 3. The average Bonchev–Trinajstić information content (AvgIpc) is 3.40. The fraction of sp³-hybridized carbons (Fsp3) is 0.522. The zero-order chi connectivity index (χ0) is 25.2. The van der Waals surface area contributed by atoms with Crippen LogP contribution in [-0.2, 0) is 15.1 Å². The molecular weight excluding hydrogens is 465 g/mol. The van der Waals surface area contributed by atoms with Gasteiger partial charge in [0.15, 0.2) is 12.1 Å². The lowest BCUT2D eigenvalue weighted by Crippen LogP contribution is -2.48. The van der Waals surface area contributed by atoms with Crippen LogP contribution < -0.4 is 5.32 Å². The zero-order valence-electron chi connectivity index (χ0n) is 20.2. The van der Waals surface area contributed by atoms with Crippen molar-refractivity contribution < 1.29 is 25.4 Å². The van der Waals surface area contributed by atoms with Gasteiger partial charge in [-0.3, -0.25) is 0 Å². The Hall–Kier alpha value is -2.37. The number of hydrogen-bond acceptors (Lipinski definition) is 8. The van der Waals surface area contributed by atoms with Gasteiger partial charge in [0, 0.05) is 19.4 Å². The number of nitrogens with zero attached hydrogens (tertiary/aromatic N) is 4. The first-order valence-electron chi connectivity index (χ1n) is 11.6. The van der Waals surface area contributed by atoms with Crippen molar-refractivity contribution in [2.75, 3.05) is 11.9 Å². The van der Waals surface area contributed by atoms with Crippen LogP contribution in [0.1, 0.15) is 47.3 Å². The third-order valence-electron chi connectivity index (χ3n) is 5.97. The molecule has 0 aliphatic carbocycles. The number of halogens is 2. The topological polar surface area (TPSA) is 115 Å². The van der Waals surface area contributed by atoms with Crippen LogP contribution in [0.25, 0.3) is 22.3 Å². The van der Waals surface area contributed by atoms with E-state index in [1.165, 1.54) is 12.3 Å². The monoisotopic (exact) mass is 492 g/mol. The lowest BCUT2D eigenvalue weighted by atomic mass is 10.0. The molecule has 5 atom stereocenters. The summed E-state index contributed by atoms with van der Waals surface area (Å²) in [7, 11) is 0. The maximum atomic E-state index is 15.2. The van der Waals surface area contributed by atoms with E-state index in [1.54, 1.807) is 24.5 Å². The van der Waals surface area contributed by atoms with E-state index in [0.717, 1.165) is 0 Å². The summed E-state index contributed by atoms with van der Waals surface area (Å²) in [6.07, 6.45) is -1.80. The molecule has 0 saturated carbocycles. The van der Waals surface area contributed by atoms with Gasteiger partial charge >= 0.3 is 0 Å². The lowest BCUT2D eigenvalue weighted by Gasteiger charge is -2.32. The molecule has 2 aromatic heterocycles. The Labute approximate surface area is 202 Å². The molecule has 182 valence electrons. The maximum Gasteiger partial charge on any atom is 0.223 e. The molecule has 5 rings (SSSR count). The van der Waals surface area contributed by atoms with Crippen LogP contribution in [0.3, 0.4) is 0 Å². The number of hydrogen-bond donors (Lipinski definition) is 3. The number of aliphatic hydroxyl groups is 2. The number of anilines is 1. The van der Waals surface area contributed by atoms with Crippen LogP contribution in [0.2, 0.25) is 5.02 Å². The van der Waals surface area contributed by atoms with Crippen molar-refractivity contribution >= 4 is 28.6 Å². The van der Waals surface area contributed by atoms with E-state index in [9.17, 15) is 10.2 Å². The first kappa shape index (κ1) is 22.1. The predicted molar refractivity (Wildman–Crippen MR) is 124 cm³/mol. The number of ether oxygens (including phenoxy) is 2. The quantitative estimate of drug-likeness (QED) is 0.496. The van der Waals surface area contributed by atoms with E-state index < -0.39 is 42.4 Å². The Morgan fingerprint density at radius 3 is 2.82 bits per heavy atom. The summed E-state index contributed by atoms with van der Waals surface area (Å²) in [6.45, 7) is 7.27. The molecule has 2 aliphatic heterocycles. The molecule has 34 heavy (non-hydrogen) atoms. The van der Waals surface area contributed by atoms with Crippen molar-refractivity contribution in [2.45, 2.75) is 70.3 Å². The summed E-state index contributed by atoms with van der Waals surface area (Å²) in [5, 5.41) is 24.4. The van der Waals surface area contributed by atoms with Crippen LogP contribution in [-0.4, -0.2) is 60.9 Å². The minimum absolute atomic E-state index is 0.101. The maximum absolute atomic E-state index is 15.2. The highest BCUT2D eigenvalue weighted by Crippen LogP contribution is 2.35. The molecule has 0 amide bonds. The summed E-state index contributed by atoms with van der Waals surface area (Å²) < 4.78 is 36.3. The number of nitrogens with one attached hydrogen (secondary N) is 1. The number of aromatic nitrogens is 4. The molecule has 0 spiro atoms. The van der Waals surface area contributed by atoms with Crippen LogP contribution in [0, 0.1) is 5.82 Å². The molecule has 1 unspecified atom stereocenters. The standard InChI is InChI=1S/C23H27ClFN5O4/c1-10(2)30-15-6-11(5-13(25)19(15)28-21(30)23(3,4)32)18-12(24)8-26-22(29-18)27-14-7-17-33-9-16(34-17)20(14)31/h5-6,8,10,14,16-17,20,31-32H,7,9H2,1-4H3,(H,26,27,29)/t14?,16-,17-,20-/m0/s1/i7D/t7-,14?,16-,17-,20-. The lowest BCUT2D eigenvalue weighted by molar-refractivity contribution is -0.123. The van der Waals surface area contributed by atoms with Gasteiger partial charge in [0.2, 0.25) is 5.95 Å². The fourth-order valence-corrected chi connectivity index (χ4v) is 4.60. The Bertz CT molecular complexity index is 1270. The van der Waals surface area contributed by atoms with Crippen LogP contribution in [0.4, 0.5) is 10.3 Å². The average molecular weight is 493 g/mol. The second-order valence-corrected chi connectivity index (χ2v) is 9.81. The first-order valence-corrected chi connectivity index (χ1v) is 11.4. The minimum Gasteiger partial charge on any atom is -0.388 e. The second-order valence-electron chi connectivity index (χ2n) is 9.40. The first-order chi connectivity index (χ1) is 16.5. The van der Waals surface area contributed by atoms with Crippen molar-refractivity contribution in [3.05, 3.63) is 35.0 Å². The number of aliphatic hydroxyl groups excluding tert-OH is 1. The molecule has 11 heteroatoms. The summed E-state index contributed by atoms with van der Waals surface area (Å²) in [6, 6.07) is 2.18. The van der Waals surface area contributed by atoms with E-state index in [2.05, 4.69) is 20.3 Å². The van der Waals surface area contributed by atoms with E-state index >= 15 is 4.39 Å². The van der Waals surface area contributed by atoms with Crippen LogP contribution in [0.15, 0.2) is 18.3 Å². The molecule has 3 aromatic rings. The van der Waals surface area contributed by atoms with Gasteiger partial charge in [-0.1, -0.05) is 11.6 Å². The van der Waals surface area contributed by atoms with Gasteiger partial charge in [0.05, 0.1) is 35.1 Å². The van der Waals surface area contributed by atoms with Gasteiger partial charge in [-0.05, 0) is 39.8 Å². The summed E-state index contributed by atoms with van der Waals surface area (Å²) in [4.78, 5) is 13.0. The van der Waals surface area contributed by atoms with Crippen molar-refractivity contribution in [3.8, 4) is 11.3 Å². The van der Waals surface area contributed by atoms with Gasteiger partial charge in [0.25, 0.3) is 0 Å². The molecule has 9 nitrogen and oxygen atoms in total. The number of rotatable bonds is 5. The SMILES string of the molecule is [2H][C@H]1C(Nc2ncc(Cl)c(-c3cc(F)c4nc(C(C)(C)O)n(C(C)C)c4c3)n2)[C@H](O)[C@@H]2CO[C@H]1O2. The Kier molecular flexibility index (Phi) is 5.45. The smallest absolute Gasteiger partial charge is 0.223 e. The molecule has 3 N–H and O–H groups in total. The highest BCUT2D eigenvalue weighted by atomic mass is 35.5. The number of benzene rings is 1. The second kappa shape index (κ2) is 8.39. The van der Waals surface area contributed by atoms with E-state index in [0.29, 0.717) is 16.9 Å². The van der Waals surface area contributed by atoms with E-state index in [-0.39, 0.29) is 34.8 Å². The molecule has 1 aromatic carbocycles. The summed E-state index contributed by atoms with van der Waals surface area (Å²) >= 11 is 6.41. The Balaban J connectivity index is 1.56.